The second-order valence-electron chi connectivity index (χ2n) is 5.96. The lowest BCUT2D eigenvalue weighted by Gasteiger charge is -2.26. The van der Waals surface area contributed by atoms with Crippen LogP contribution in [0.25, 0.3) is 0 Å². The van der Waals surface area contributed by atoms with Crippen LogP contribution < -0.4 is 5.32 Å². The van der Waals surface area contributed by atoms with Crippen molar-refractivity contribution in [3.63, 3.8) is 0 Å². The lowest BCUT2D eigenvalue weighted by Crippen LogP contribution is -2.50. The predicted molar refractivity (Wildman–Crippen MR) is 84.2 cm³/mol. The van der Waals surface area contributed by atoms with E-state index < -0.39 is 12.1 Å². The molecule has 5 nitrogen and oxygen atoms in total. The first kappa shape index (κ1) is 16.3. The standard InChI is InChI=1S/C17H24N2O3/c1-13(2)15(16(20)19-10-6-7-11-19)18-17(21)22-12-14-8-4-3-5-9-14/h3-5,8-9,13,15H,6-7,10-12H2,1-2H3,(H,18,21)/t15-/m0/s1. The highest BCUT2D eigenvalue weighted by Gasteiger charge is 2.30. The summed E-state index contributed by atoms with van der Waals surface area (Å²) in [6.45, 7) is 5.62. The van der Waals surface area contributed by atoms with E-state index in [2.05, 4.69) is 5.32 Å². The average Bonchev–Trinajstić information content (AvgIpc) is 3.05. The number of likely N-dealkylation sites (tertiary alicyclic amines) is 1. The van der Waals surface area contributed by atoms with Gasteiger partial charge in [-0.1, -0.05) is 44.2 Å². The summed E-state index contributed by atoms with van der Waals surface area (Å²) >= 11 is 0. The highest BCUT2D eigenvalue weighted by Crippen LogP contribution is 2.13. The second-order valence-corrected chi connectivity index (χ2v) is 5.96. The van der Waals surface area contributed by atoms with Crippen molar-refractivity contribution in [2.24, 2.45) is 5.92 Å². The first-order chi connectivity index (χ1) is 10.6. The van der Waals surface area contributed by atoms with Gasteiger partial charge in [0, 0.05) is 13.1 Å². The molecule has 0 saturated carbocycles. The van der Waals surface area contributed by atoms with E-state index in [-0.39, 0.29) is 18.4 Å². The molecule has 2 amide bonds. The molecule has 1 aliphatic rings. The van der Waals surface area contributed by atoms with Crippen molar-refractivity contribution >= 4 is 12.0 Å². The molecule has 0 aliphatic carbocycles. The summed E-state index contributed by atoms with van der Waals surface area (Å²) < 4.78 is 5.20. The first-order valence-corrected chi connectivity index (χ1v) is 7.84. The quantitative estimate of drug-likeness (QED) is 0.909. The second kappa shape index (κ2) is 7.82. The molecule has 1 heterocycles. The average molecular weight is 304 g/mol. The van der Waals surface area contributed by atoms with Crippen molar-refractivity contribution < 1.29 is 14.3 Å². The summed E-state index contributed by atoms with van der Waals surface area (Å²) in [5, 5.41) is 2.71. The molecule has 1 saturated heterocycles. The summed E-state index contributed by atoms with van der Waals surface area (Å²) in [7, 11) is 0. The van der Waals surface area contributed by atoms with E-state index >= 15 is 0 Å². The Morgan fingerprint density at radius 3 is 2.41 bits per heavy atom. The molecular weight excluding hydrogens is 280 g/mol. The van der Waals surface area contributed by atoms with Crippen molar-refractivity contribution in [3.8, 4) is 0 Å². The first-order valence-electron chi connectivity index (χ1n) is 7.84. The third-order valence-corrected chi connectivity index (χ3v) is 3.84. The van der Waals surface area contributed by atoms with E-state index in [0.29, 0.717) is 0 Å². The lowest BCUT2D eigenvalue weighted by atomic mass is 10.0. The normalized spacial score (nSPS) is 15.7. The molecular formula is C17H24N2O3. The summed E-state index contributed by atoms with van der Waals surface area (Å²) in [6.07, 6.45) is 1.53. The number of carbonyl (C=O) groups excluding carboxylic acids is 2. The highest BCUT2D eigenvalue weighted by atomic mass is 16.5. The van der Waals surface area contributed by atoms with Crippen LogP contribution in [0.1, 0.15) is 32.3 Å². The zero-order chi connectivity index (χ0) is 15.9. The van der Waals surface area contributed by atoms with Gasteiger partial charge in [0.25, 0.3) is 0 Å². The number of nitrogens with zero attached hydrogens (tertiary/aromatic N) is 1. The summed E-state index contributed by atoms with van der Waals surface area (Å²) in [5.41, 5.74) is 0.921. The molecule has 0 spiro atoms. The van der Waals surface area contributed by atoms with Crippen molar-refractivity contribution in [1.82, 2.24) is 10.2 Å². The van der Waals surface area contributed by atoms with Crippen LogP contribution in [0.15, 0.2) is 30.3 Å². The maximum atomic E-state index is 12.5. The Balaban J connectivity index is 1.87. The number of benzene rings is 1. The SMILES string of the molecule is CC(C)[C@H](NC(=O)OCc1ccccc1)C(=O)N1CCCC1. The predicted octanol–water partition coefficient (Wildman–Crippen LogP) is 2.56. The van der Waals surface area contributed by atoms with Gasteiger partial charge in [-0.3, -0.25) is 4.79 Å². The number of hydrogen-bond donors (Lipinski definition) is 1. The van der Waals surface area contributed by atoms with E-state index in [1.54, 1.807) is 0 Å². The summed E-state index contributed by atoms with van der Waals surface area (Å²) in [6, 6.07) is 8.95. The van der Waals surface area contributed by atoms with Crippen LogP contribution >= 0.6 is 0 Å². The minimum atomic E-state index is -0.546. The monoisotopic (exact) mass is 304 g/mol. The Kier molecular flexibility index (Phi) is 5.81. The van der Waals surface area contributed by atoms with Crippen LogP contribution in [-0.4, -0.2) is 36.0 Å². The van der Waals surface area contributed by atoms with E-state index in [0.717, 1.165) is 31.5 Å². The van der Waals surface area contributed by atoms with Crippen molar-refractivity contribution in [1.29, 1.82) is 0 Å². The van der Waals surface area contributed by atoms with Crippen LogP contribution in [-0.2, 0) is 16.1 Å². The maximum absolute atomic E-state index is 12.5. The Morgan fingerprint density at radius 2 is 1.82 bits per heavy atom. The molecule has 120 valence electrons. The minimum Gasteiger partial charge on any atom is -0.445 e. The largest absolute Gasteiger partial charge is 0.445 e. The van der Waals surface area contributed by atoms with Crippen LogP contribution in [0.2, 0.25) is 0 Å². The van der Waals surface area contributed by atoms with Crippen molar-refractivity contribution in [2.75, 3.05) is 13.1 Å². The van der Waals surface area contributed by atoms with Gasteiger partial charge in [0.15, 0.2) is 0 Å². The molecule has 0 bridgehead atoms. The molecule has 1 aromatic carbocycles. The van der Waals surface area contributed by atoms with Gasteiger partial charge < -0.3 is 15.0 Å². The van der Waals surface area contributed by atoms with E-state index in [1.165, 1.54) is 0 Å². The molecule has 1 fully saturated rings. The van der Waals surface area contributed by atoms with Gasteiger partial charge >= 0.3 is 6.09 Å². The highest BCUT2D eigenvalue weighted by molar-refractivity contribution is 5.86. The third kappa shape index (κ3) is 4.48. The molecule has 2 rings (SSSR count). The van der Waals surface area contributed by atoms with E-state index in [9.17, 15) is 9.59 Å². The van der Waals surface area contributed by atoms with Crippen LogP contribution in [0.5, 0.6) is 0 Å². The molecule has 1 N–H and O–H groups in total. The molecule has 0 radical (unpaired) electrons. The molecule has 22 heavy (non-hydrogen) atoms. The Morgan fingerprint density at radius 1 is 1.18 bits per heavy atom. The number of carbonyl (C=O) groups is 2. The van der Waals surface area contributed by atoms with Crippen LogP contribution in [0, 0.1) is 5.92 Å². The minimum absolute atomic E-state index is 0.0100. The zero-order valence-corrected chi connectivity index (χ0v) is 13.2. The topological polar surface area (TPSA) is 58.6 Å². The van der Waals surface area contributed by atoms with Crippen molar-refractivity contribution in [2.45, 2.75) is 39.3 Å². The number of alkyl carbamates (subject to hydrolysis) is 1. The number of nitrogens with one attached hydrogen (secondary N) is 1. The Labute approximate surface area is 131 Å². The van der Waals surface area contributed by atoms with Crippen LogP contribution in [0.4, 0.5) is 4.79 Å². The maximum Gasteiger partial charge on any atom is 0.408 e. The number of hydrogen-bond acceptors (Lipinski definition) is 3. The molecule has 0 aromatic heterocycles. The van der Waals surface area contributed by atoms with Gasteiger partial charge in [-0.2, -0.15) is 0 Å². The number of amides is 2. The fourth-order valence-corrected chi connectivity index (χ4v) is 2.54. The van der Waals surface area contributed by atoms with E-state index in [1.807, 2.05) is 49.1 Å². The molecule has 1 aliphatic heterocycles. The molecule has 5 heteroatoms. The summed E-state index contributed by atoms with van der Waals surface area (Å²) in [4.78, 5) is 26.2. The van der Waals surface area contributed by atoms with Gasteiger partial charge in [0.1, 0.15) is 12.6 Å². The van der Waals surface area contributed by atoms with Crippen molar-refractivity contribution in [3.05, 3.63) is 35.9 Å². The molecule has 1 aromatic rings. The lowest BCUT2D eigenvalue weighted by molar-refractivity contribution is -0.133. The van der Waals surface area contributed by atoms with Gasteiger partial charge in [-0.25, -0.2) is 4.79 Å². The van der Waals surface area contributed by atoms with Gasteiger partial charge in [-0.05, 0) is 24.3 Å². The van der Waals surface area contributed by atoms with E-state index in [4.69, 9.17) is 4.74 Å². The molecule has 1 atom stereocenters. The van der Waals surface area contributed by atoms with Gasteiger partial charge in [0.05, 0.1) is 0 Å². The Bertz CT molecular complexity index is 496. The fourth-order valence-electron chi connectivity index (χ4n) is 2.54. The van der Waals surface area contributed by atoms with Gasteiger partial charge in [0.2, 0.25) is 5.91 Å². The fraction of sp³-hybridized carbons (Fsp3) is 0.529. The van der Waals surface area contributed by atoms with Crippen LogP contribution in [0.3, 0.4) is 0 Å². The zero-order valence-electron chi connectivity index (χ0n) is 13.2. The summed E-state index contributed by atoms with van der Waals surface area (Å²) in [5.74, 6) is 0.0153. The Hall–Kier alpha value is -2.04. The number of ether oxygens (including phenoxy) is 1. The molecule has 0 unspecified atom stereocenters. The number of rotatable bonds is 5. The third-order valence-electron chi connectivity index (χ3n) is 3.84. The van der Waals surface area contributed by atoms with Gasteiger partial charge in [-0.15, -0.1) is 0 Å². The smallest absolute Gasteiger partial charge is 0.408 e.